The summed E-state index contributed by atoms with van der Waals surface area (Å²) in [4.78, 5) is 14.2. The van der Waals surface area contributed by atoms with E-state index in [-0.39, 0.29) is 11.6 Å². The van der Waals surface area contributed by atoms with Crippen LogP contribution in [0.1, 0.15) is 37.0 Å². The van der Waals surface area contributed by atoms with Crippen molar-refractivity contribution in [1.29, 1.82) is 0 Å². The minimum absolute atomic E-state index is 0.0340. The van der Waals surface area contributed by atoms with Crippen molar-refractivity contribution in [3.8, 4) is 5.75 Å². The number of piperidine rings is 1. The molecule has 8 heteroatoms. The van der Waals surface area contributed by atoms with Crippen LogP contribution in [0.5, 0.6) is 5.75 Å². The van der Waals surface area contributed by atoms with Crippen LogP contribution in [0.4, 0.5) is 17.6 Å². The number of carbonyl (C=O) groups is 1. The number of nitrogens with zero attached hydrogens (tertiary/aromatic N) is 1. The maximum atomic E-state index is 12.9. The number of nitrogens with one attached hydrogen (secondary N) is 1. The summed E-state index contributed by atoms with van der Waals surface area (Å²) in [7, 11) is 1.94. The minimum atomic E-state index is -4.60. The summed E-state index contributed by atoms with van der Waals surface area (Å²) < 4.78 is 54.1. The molecule has 1 saturated heterocycles. The van der Waals surface area contributed by atoms with Gasteiger partial charge in [0.15, 0.2) is 0 Å². The SMILES string of the molecule is CC.CN1CCC[C@@H](NC(=O)c2cccc(OC(F)(F)C(F)F)c2)C1. The van der Waals surface area contributed by atoms with Gasteiger partial charge in [0.05, 0.1) is 0 Å². The second-order valence-electron chi connectivity index (χ2n) is 5.57. The lowest BCUT2D eigenvalue weighted by atomic mass is 10.1. The highest BCUT2D eigenvalue weighted by Crippen LogP contribution is 2.27. The zero-order valence-electron chi connectivity index (χ0n) is 14.6. The number of hydrogen-bond donors (Lipinski definition) is 1. The Morgan fingerprint density at radius 2 is 2.04 bits per heavy atom. The predicted octanol–water partition coefficient (Wildman–Crippen LogP) is 3.77. The number of amides is 1. The van der Waals surface area contributed by atoms with Gasteiger partial charge in [0.25, 0.3) is 5.91 Å². The Hall–Kier alpha value is -1.83. The number of likely N-dealkylation sites (tertiary alicyclic amines) is 1. The fourth-order valence-corrected chi connectivity index (χ4v) is 2.46. The van der Waals surface area contributed by atoms with E-state index in [0.29, 0.717) is 6.54 Å². The molecule has 1 amide bonds. The molecule has 1 N–H and O–H groups in total. The van der Waals surface area contributed by atoms with Gasteiger partial charge >= 0.3 is 12.5 Å². The van der Waals surface area contributed by atoms with Crippen LogP contribution in [0.25, 0.3) is 0 Å². The Labute approximate surface area is 145 Å². The molecular formula is C17H24F4N2O2. The van der Waals surface area contributed by atoms with Crippen molar-refractivity contribution in [1.82, 2.24) is 10.2 Å². The van der Waals surface area contributed by atoms with Gasteiger partial charge < -0.3 is 15.0 Å². The van der Waals surface area contributed by atoms with E-state index in [4.69, 9.17) is 0 Å². The Bertz CT molecular complexity index is 555. The molecule has 142 valence electrons. The first-order valence-corrected chi connectivity index (χ1v) is 8.22. The van der Waals surface area contributed by atoms with Gasteiger partial charge in [-0.3, -0.25) is 4.79 Å². The van der Waals surface area contributed by atoms with Crippen LogP contribution in [-0.2, 0) is 0 Å². The number of halogens is 4. The number of benzene rings is 1. The molecule has 4 nitrogen and oxygen atoms in total. The molecule has 0 unspecified atom stereocenters. The molecule has 0 saturated carbocycles. The predicted molar refractivity (Wildman–Crippen MR) is 87.4 cm³/mol. The number of alkyl halides is 4. The molecule has 0 aliphatic carbocycles. The van der Waals surface area contributed by atoms with Crippen molar-refractivity contribution < 1.29 is 27.1 Å². The smallest absolute Gasteiger partial charge is 0.428 e. The molecular weight excluding hydrogens is 340 g/mol. The third-order valence-electron chi connectivity index (χ3n) is 3.56. The molecule has 1 aromatic carbocycles. The van der Waals surface area contributed by atoms with Crippen LogP contribution >= 0.6 is 0 Å². The zero-order chi connectivity index (χ0) is 19.0. The summed E-state index contributed by atoms with van der Waals surface area (Å²) >= 11 is 0. The standard InChI is InChI=1S/C15H18F4N2O2.C2H6/c1-21-7-3-5-11(9-21)20-13(22)10-4-2-6-12(8-10)23-15(18,19)14(16)17;1-2/h2,4,6,8,11,14H,3,5,7,9H2,1H3,(H,20,22);1-2H3/t11-;/m1./s1. The highest BCUT2D eigenvalue weighted by atomic mass is 19.3. The average Bonchev–Trinajstić information content (AvgIpc) is 2.56. The fourth-order valence-electron chi connectivity index (χ4n) is 2.46. The zero-order valence-corrected chi connectivity index (χ0v) is 14.6. The van der Waals surface area contributed by atoms with Gasteiger partial charge in [-0.15, -0.1) is 0 Å². The topological polar surface area (TPSA) is 41.6 Å². The lowest BCUT2D eigenvalue weighted by molar-refractivity contribution is -0.253. The maximum Gasteiger partial charge on any atom is 0.461 e. The quantitative estimate of drug-likeness (QED) is 0.809. The Balaban J connectivity index is 0.00000151. The fraction of sp³-hybridized carbons (Fsp3) is 0.588. The van der Waals surface area contributed by atoms with Gasteiger partial charge in [-0.2, -0.15) is 17.6 Å². The molecule has 1 atom stereocenters. The number of likely N-dealkylation sites (N-methyl/N-ethyl adjacent to an activating group) is 1. The van der Waals surface area contributed by atoms with E-state index < -0.39 is 24.2 Å². The van der Waals surface area contributed by atoms with Gasteiger partial charge in [-0.1, -0.05) is 19.9 Å². The second-order valence-corrected chi connectivity index (χ2v) is 5.57. The van der Waals surface area contributed by atoms with Crippen molar-refractivity contribution in [3.63, 3.8) is 0 Å². The van der Waals surface area contributed by atoms with Gasteiger partial charge in [-0.25, -0.2) is 0 Å². The van der Waals surface area contributed by atoms with Crippen molar-refractivity contribution in [2.45, 2.75) is 45.3 Å². The van der Waals surface area contributed by atoms with Crippen LogP contribution < -0.4 is 10.1 Å². The van der Waals surface area contributed by atoms with E-state index in [2.05, 4.69) is 15.0 Å². The van der Waals surface area contributed by atoms with Gasteiger partial charge in [0.1, 0.15) is 5.75 Å². The Morgan fingerprint density at radius 3 is 2.64 bits per heavy atom. The van der Waals surface area contributed by atoms with E-state index in [9.17, 15) is 22.4 Å². The van der Waals surface area contributed by atoms with E-state index in [1.807, 2.05) is 20.9 Å². The average molecular weight is 364 g/mol. The summed E-state index contributed by atoms with van der Waals surface area (Å²) in [6.07, 6.45) is -6.76. The molecule has 25 heavy (non-hydrogen) atoms. The normalized spacial score (nSPS) is 18.3. The highest BCUT2D eigenvalue weighted by molar-refractivity contribution is 5.94. The summed E-state index contributed by atoms with van der Waals surface area (Å²) in [6.45, 7) is 5.66. The van der Waals surface area contributed by atoms with Gasteiger partial charge in [-0.05, 0) is 44.6 Å². The van der Waals surface area contributed by atoms with E-state index in [0.717, 1.165) is 31.5 Å². The van der Waals surface area contributed by atoms with Crippen molar-refractivity contribution >= 4 is 5.91 Å². The third kappa shape index (κ3) is 6.53. The molecule has 1 aliphatic rings. The molecule has 2 rings (SSSR count). The Kier molecular flexibility index (Phi) is 8.15. The summed E-state index contributed by atoms with van der Waals surface area (Å²) in [5.41, 5.74) is 0.0841. The Morgan fingerprint density at radius 1 is 1.36 bits per heavy atom. The molecule has 1 fully saturated rings. The van der Waals surface area contributed by atoms with Gasteiger partial charge in [0.2, 0.25) is 0 Å². The number of hydrogen-bond acceptors (Lipinski definition) is 3. The van der Waals surface area contributed by atoms with Crippen LogP contribution in [0.3, 0.4) is 0 Å². The number of rotatable bonds is 5. The molecule has 0 bridgehead atoms. The lowest BCUT2D eigenvalue weighted by Crippen LogP contribution is -2.46. The molecule has 1 heterocycles. The van der Waals surface area contributed by atoms with Crippen molar-refractivity contribution in [3.05, 3.63) is 29.8 Å². The molecule has 1 aliphatic heterocycles. The summed E-state index contributed by atoms with van der Waals surface area (Å²) in [6, 6.07) is 4.81. The van der Waals surface area contributed by atoms with E-state index in [1.54, 1.807) is 0 Å². The van der Waals surface area contributed by atoms with E-state index in [1.165, 1.54) is 12.1 Å². The number of ether oxygens (including phenoxy) is 1. The molecule has 0 aromatic heterocycles. The largest absolute Gasteiger partial charge is 0.461 e. The molecule has 1 aromatic rings. The number of carbonyl (C=O) groups excluding carboxylic acids is 1. The van der Waals surface area contributed by atoms with Crippen LogP contribution in [0.15, 0.2) is 24.3 Å². The first-order chi connectivity index (χ1) is 11.8. The van der Waals surface area contributed by atoms with Crippen LogP contribution in [-0.4, -0.2) is 49.5 Å². The summed E-state index contributed by atoms with van der Waals surface area (Å²) in [5.74, 6) is -0.931. The van der Waals surface area contributed by atoms with Crippen molar-refractivity contribution in [2.24, 2.45) is 0 Å². The van der Waals surface area contributed by atoms with E-state index >= 15 is 0 Å². The monoisotopic (exact) mass is 364 g/mol. The lowest BCUT2D eigenvalue weighted by Gasteiger charge is -2.30. The van der Waals surface area contributed by atoms with Crippen LogP contribution in [0, 0.1) is 0 Å². The molecule has 0 spiro atoms. The van der Waals surface area contributed by atoms with Gasteiger partial charge in [0, 0.05) is 18.2 Å². The first kappa shape index (κ1) is 21.2. The third-order valence-corrected chi connectivity index (χ3v) is 3.56. The minimum Gasteiger partial charge on any atom is -0.428 e. The second kappa shape index (κ2) is 9.60. The summed E-state index contributed by atoms with van der Waals surface area (Å²) in [5, 5.41) is 2.81. The maximum absolute atomic E-state index is 12.9. The van der Waals surface area contributed by atoms with Crippen molar-refractivity contribution in [2.75, 3.05) is 20.1 Å². The highest BCUT2D eigenvalue weighted by Gasteiger charge is 2.44. The van der Waals surface area contributed by atoms with Crippen LogP contribution in [0.2, 0.25) is 0 Å². The molecule has 0 radical (unpaired) electrons. The first-order valence-electron chi connectivity index (χ1n) is 8.22.